The van der Waals surface area contributed by atoms with Crippen LogP contribution < -0.4 is 16.2 Å². The number of nitrogens with one attached hydrogen (secondary N) is 2. The molecule has 3 rings (SSSR count). The second-order valence-electron chi connectivity index (χ2n) is 5.67. The minimum absolute atomic E-state index is 0.130. The highest BCUT2D eigenvalue weighted by Gasteiger charge is 2.30. The van der Waals surface area contributed by atoms with Gasteiger partial charge in [0.15, 0.2) is 0 Å². The second kappa shape index (κ2) is 7.48. The maximum absolute atomic E-state index is 12.5. The van der Waals surface area contributed by atoms with Gasteiger partial charge < -0.3 is 10.6 Å². The van der Waals surface area contributed by atoms with Crippen molar-refractivity contribution >= 4 is 17.4 Å². The second-order valence-corrected chi connectivity index (χ2v) is 5.67. The summed E-state index contributed by atoms with van der Waals surface area (Å²) in [6, 6.07) is 10.5. The molecule has 2 aromatic heterocycles. The van der Waals surface area contributed by atoms with Crippen molar-refractivity contribution in [3.63, 3.8) is 0 Å². The van der Waals surface area contributed by atoms with E-state index < -0.39 is 17.6 Å². The highest BCUT2D eigenvalue weighted by Crippen LogP contribution is 2.29. The molecule has 2 N–H and O–H groups in total. The number of halogens is 3. The third-order valence-electron chi connectivity index (χ3n) is 3.76. The molecular weight excluding hydrogens is 361 g/mol. The number of nitrogens with zero attached hydrogens (tertiary/aromatic N) is 2. The van der Waals surface area contributed by atoms with E-state index in [-0.39, 0.29) is 17.7 Å². The first kappa shape index (κ1) is 18.4. The van der Waals surface area contributed by atoms with Gasteiger partial charge in [-0.3, -0.25) is 14.0 Å². The van der Waals surface area contributed by atoms with Crippen molar-refractivity contribution in [2.24, 2.45) is 0 Å². The van der Waals surface area contributed by atoms with E-state index >= 15 is 0 Å². The third-order valence-corrected chi connectivity index (χ3v) is 3.76. The monoisotopic (exact) mass is 376 g/mol. The standard InChI is InChI=1S/C18H15F3N4O2/c19-18(20,21)13-6-4-12(5-7-13)17(27)23-9-8-22-14-11-16(26)25-10-2-1-3-15(25)24-14/h1-7,10-11,22H,8-9H2,(H,23,27). The van der Waals surface area contributed by atoms with Gasteiger partial charge in [0.05, 0.1) is 5.56 Å². The molecule has 27 heavy (non-hydrogen) atoms. The Bertz CT molecular complexity index is 1010. The third kappa shape index (κ3) is 4.43. The summed E-state index contributed by atoms with van der Waals surface area (Å²) in [6.07, 6.45) is -2.83. The number of hydrogen-bond acceptors (Lipinski definition) is 4. The molecule has 2 heterocycles. The molecule has 1 amide bonds. The minimum Gasteiger partial charge on any atom is -0.368 e. The lowest BCUT2D eigenvalue weighted by Crippen LogP contribution is -2.29. The van der Waals surface area contributed by atoms with Crippen molar-refractivity contribution in [3.05, 3.63) is 76.2 Å². The summed E-state index contributed by atoms with van der Waals surface area (Å²) < 4.78 is 39.0. The lowest BCUT2D eigenvalue weighted by atomic mass is 10.1. The van der Waals surface area contributed by atoms with Crippen molar-refractivity contribution in [1.29, 1.82) is 0 Å². The number of rotatable bonds is 5. The number of fused-ring (bicyclic) bond motifs is 1. The number of aromatic nitrogens is 2. The summed E-state index contributed by atoms with van der Waals surface area (Å²) in [4.78, 5) is 28.2. The Morgan fingerprint density at radius 1 is 1.07 bits per heavy atom. The van der Waals surface area contributed by atoms with Crippen molar-refractivity contribution in [2.45, 2.75) is 6.18 Å². The number of pyridine rings is 1. The smallest absolute Gasteiger partial charge is 0.368 e. The van der Waals surface area contributed by atoms with E-state index in [1.54, 1.807) is 24.4 Å². The zero-order chi connectivity index (χ0) is 19.4. The van der Waals surface area contributed by atoms with Gasteiger partial charge in [0.1, 0.15) is 11.5 Å². The molecule has 0 aliphatic carbocycles. The highest BCUT2D eigenvalue weighted by molar-refractivity contribution is 5.94. The van der Waals surface area contributed by atoms with E-state index in [1.807, 2.05) is 0 Å². The maximum Gasteiger partial charge on any atom is 0.416 e. The SMILES string of the molecule is O=C(NCCNc1cc(=O)n2ccccc2n1)c1ccc(C(F)(F)F)cc1. The molecular formula is C18H15F3N4O2. The molecule has 3 aromatic rings. The summed E-state index contributed by atoms with van der Waals surface area (Å²) in [5.41, 5.74) is -0.433. The van der Waals surface area contributed by atoms with Crippen LogP contribution in [0.15, 0.2) is 59.5 Å². The number of benzene rings is 1. The number of anilines is 1. The molecule has 6 nitrogen and oxygen atoms in total. The number of carbonyl (C=O) groups is 1. The van der Waals surface area contributed by atoms with E-state index in [0.29, 0.717) is 18.0 Å². The fourth-order valence-electron chi connectivity index (χ4n) is 2.42. The average molecular weight is 376 g/mol. The lowest BCUT2D eigenvalue weighted by molar-refractivity contribution is -0.137. The van der Waals surface area contributed by atoms with Crippen LogP contribution in [0, 0.1) is 0 Å². The molecule has 0 unspecified atom stereocenters. The zero-order valence-corrected chi connectivity index (χ0v) is 14.0. The average Bonchev–Trinajstić information content (AvgIpc) is 2.64. The van der Waals surface area contributed by atoms with Crippen LogP contribution in [0.4, 0.5) is 19.0 Å². The summed E-state index contributed by atoms with van der Waals surface area (Å²) in [7, 11) is 0. The number of carbonyl (C=O) groups excluding carboxylic acids is 1. The Kier molecular flexibility index (Phi) is 5.11. The molecule has 0 radical (unpaired) electrons. The summed E-state index contributed by atoms with van der Waals surface area (Å²) in [5, 5.41) is 5.51. The highest BCUT2D eigenvalue weighted by atomic mass is 19.4. The Labute approximate surface area is 151 Å². The molecule has 0 saturated carbocycles. The van der Waals surface area contributed by atoms with E-state index in [1.165, 1.54) is 10.5 Å². The van der Waals surface area contributed by atoms with Gasteiger partial charge in [0.25, 0.3) is 11.5 Å². The summed E-state index contributed by atoms with van der Waals surface area (Å²) >= 11 is 0. The van der Waals surface area contributed by atoms with Crippen LogP contribution in [0.25, 0.3) is 5.65 Å². The van der Waals surface area contributed by atoms with Gasteiger partial charge >= 0.3 is 6.18 Å². The zero-order valence-electron chi connectivity index (χ0n) is 14.0. The topological polar surface area (TPSA) is 75.5 Å². The van der Waals surface area contributed by atoms with Crippen molar-refractivity contribution in [2.75, 3.05) is 18.4 Å². The largest absolute Gasteiger partial charge is 0.416 e. The predicted molar refractivity (Wildman–Crippen MR) is 93.7 cm³/mol. The van der Waals surface area contributed by atoms with E-state index in [9.17, 15) is 22.8 Å². The van der Waals surface area contributed by atoms with E-state index in [2.05, 4.69) is 15.6 Å². The minimum atomic E-state index is -4.44. The van der Waals surface area contributed by atoms with Crippen LogP contribution in [0.5, 0.6) is 0 Å². The van der Waals surface area contributed by atoms with E-state index in [0.717, 1.165) is 24.3 Å². The normalized spacial score (nSPS) is 11.4. The Hall–Kier alpha value is -3.36. The summed E-state index contributed by atoms with van der Waals surface area (Å²) in [6.45, 7) is 0.498. The number of hydrogen-bond donors (Lipinski definition) is 2. The van der Waals surface area contributed by atoms with Crippen molar-refractivity contribution < 1.29 is 18.0 Å². The van der Waals surface area contributed by atoms with Crippen LogP contribution in [0.1, 0.15) is 15.9 Å². The van der Waals surface area contributed by atoms with Gasteiger partial charge in [0.2, 0.25) is 0 Å². The van der Waals surface area contributed by atoms with E-state index in [4.69, 9.17) is 0 Å². The van der Waals surface area contributed by atoms with Crippen LogP contribution >= 0.6 is 0 Å². The first-order chi connectivity index (χ1) is 12.8. The van der Waals surface area contributed by atoms with Gasteiger partial charge in [-0.2, -0.15) is 13.2 Å². The van der Waals surface area contributed by atoms with Gasteiger partial charge in [-0.25, -0.2) is 4.98 Å². The number of amides is 1. The molecule has 140 valence electrons. The Morgan fingerprint density at radius 3 is 2.52 bits per heavy atom. The fraction of sp³-hybridized carbons (Fsp3) is 0.167. The molecule has 9 heteroatoms. The van der Waals surface area contributed by atoms with Gasteiger partial charge in [-0.1, -0.05) is 6.07 Å². The molecule has 0 bridgehead atoms. The van der Waals surface area contributed by atoms with Crippen molar-refractivity contribution in [1.82, 2.24) is 14.7 Å². The predicted octanol–water partition coefficient (Wildman–Crippen LogP) is 2.56. The van der Waals surface area contributed by atoms with Gasteiger partial charge in [-0.05, 0) is 36.4 Å². The molecule has 0 atom stereocenters. The lowest BCUT2D eigenvalue weighted by Gasteiger charge is -2.09. The molecule has 0 aliphatic rings. The first-order valence-corrected chi connectivity index (χ1v) is 8.02. The van der Waals surface area contributed by atoms with Crippen LogP contribution in [-0.2, 0) is 6.18 Å². The molecule has 0 saturated heterocycles. The molecule has 0 fully saturated rings. The number of alkyl halides is 3. The first-order valence-electron chi connectivity index (χ1n) is 8.02. The maximum atomic E-state index is 12.5. The molecule has 1 aromatic carbocycles. The Balaban J connectivity index is 1.54. The fourth-order valence-corrected chi connectivity index (χ4v) is 2.42. The molecule has 0 aliphatic heterocycles. The Morgan fingerprint density at radius 2 is 1.81 bits per heavy atom. The summed E-state index contributed by atoms with van der Waals surface area (Å²) in [5.74, 6) is -0.118. The van der Waals surface area contributed by atoms with Crippen LogP contribution in [0.2, 0.25) is 0 Å². The van der Waals surface area contributed by atoms with Gasteiger partial charge in [-0.15, -0.1) is 0 Å². The van der Waals surface area contributed by atoms with Crippen molar-refractivity contribution in [3.8, 4) is 0 Å². The van der Waals surface area contributed by atoms with Crippen LogP contribution in [-0.4, -0.2) is 28.4 Å². The quantitative estimate of drug-likeness (QED) is 0.671. The van der Waals surface area contributed by atoms with Crippen LogP contribution in [0.3, 0.4) is 0 Å². The molecule has 0 spiro atoms. The van der Waals surface area contributed by atoms with Gasteiger partial charge in [0, 0.05) is 30.9 Å².